The Morgan fingerprint density at radius 1 is 1.21 bits per heavy atom. The summed E-state index contributed by atoms with van der Waals surface area (Å²) in [5.74, 6) is -1.10. The van der Waals surface area contributed by atoms with E-state index >= 15 is 0 Å². The highest BCUT2D eigenvalue weighted by atomic mass is 16.4. The van der Waals surface area contributed by atoms with Gasteiger partial charge in [0.25, 0.3) is 0 Å². The van der Waals surface area contributed by atoms with E-state index in [0.29, 0.717) is 6.42 Å². The summed E-state index contributed by atoms with van der Waals surface area (Å²) >= 11 is 0. The van der Waals surface area contributed by atoms with Crippen LogP contribution < -0.4 is 5.32 Å². The van der Waals surface area contributed by atoms with E-state index in [4.69, 9.17) is 0 Å². The molecular weight excluding hydrogens is 182 g/mol. The topological polar surface area (TPSA) is 66.4 Å². The minimum Gasteiger partial charge on any atom is -0.479 e. The molecule has 2 fully saturated rings. The monoisotopic (exact) mass is 197 g/mol. The Kier molecular flexibility index (Phi) is 1.84. The van der Waals surface area contributed by atoms with Gasteiger partial charge < -0.3 is 10.4 Å². The average Bonchev–Trinajstić information content (AvgIpc) is 1.93. The molecular formula is C10H15NO3. The number of carboxylic acids is 1. The van der Waals surface area contributed by atoms with E-state index in [-0.39, 0.29) is 11.3 Å². The predicted octanol–water partition coefficient (Wildman–Crippen LogP) is 0.910. The molecule has 0 saturated heterocycles. The lowest BCUT2D eigenvalue weighted by atomic mass is 9.45. The van der Waals surface area contributed by atoms with E-state index in [1.165, 1.54) is 6.92 Å². The molecule has 2 saturated carbocycles. The molecule has 0 aromatic rings. The third kappa shape index (κ3) is 0.938. The first-order chi connectivity index (χ1) is 6.52. The number of rotatable bonds is 2. The molecule has 1 spiro atoms. The molecule has 0 aliphatic heterocycles. The van der Waals surface area contributed by atoms with E-state index in [1.807, 2.05) is 0 Å². The molecule has 2 aliphatic carbocycles. The molecule has 0 aromatic heterocycles. The summed E-state index contributed by atoms with van der Waals surface area (Å²) < 4.78 is 0. The van der Waals surface area contributed by atoms with Crippen molar-refractivity contribution in [3.8, 4) is 0 Å². The van der Waals surface area contributed by atoms with Crippen molar-refractivity contribution in [1.29, 1.82) is 0 Å². The van der Waals surface area contributed by atoms with Gasteiger partial charge in [-0.2, -0.15) is 0 Å². The first-order valence-electron chi connectivity index (χ1n) is 5.05. The Morgan fingerprint density at radius 3 is 2.07 bits per heavy atom. The highest BCUT2D eigenvalue weighted by Crippen LogP contribution is 2.62. The van der Waals surface area contributed by atoms with Crippen molar-refractivity contribution in [3.63, 3.8) is 0 Å². The van der Waals surface area contributed by atoms with Gasteiger partial charge in [0.2, 0.25) is 5.91 Å². The van der Waals surface area contributed by atoms with Gasteiger partial charge in [-0.3, -0.25) is 4.79 Å². The number of carbonyl (C=O) groups is 2. The summed E-state index contributed by atoms with van der Waals surface area (Å²) in [7, 11) is 0. The van der Waals surface area contributed by atoms with E-state index < -0.39 is 11.5 Å². The maximum atomic E-state index is 11.2. The SMILES string of the molecule is CC(=O)NC1(C(=O)O)CCC12CCC2. The van der Waals surface area contributed by atoms with Gasteiger partial charge in [-0.1, -0.05) is 6.42 Å². The zero-order valence-corrected chi connectivity index (χ0v) is 8.30. The Hall–Kier alpha value is -1.06. The Balaban J connectivity index is 2.23. The number of carbonyl (C=O) groups excluding carboxylic acids is 1. The van der Waals surface area contributed by atoms with Crippen molar-refractivity contribution in [1.82, 2.24) is 5.32 Å². The van der Waals surface area contributed by atoms with Crippen LogP contribution >= 0.6 is 0 Å². The Labute approximate surface area is 82.7 Å². The van der Waals surface area contributed by atoms with E-state index in [1.54, 1.807) is 0 Å². The fraction of sp³-hybridized carbons (Fsp3) is 0.800. The fourth-order valence-electron chi connectivity index (χ4n) is 2.89. The molecule has 78 valence electrons. The lowest BCUT2D eigenvalue weighted by Gasteiger charge is -2.61. The van der Waals surface area contributed by atoms with E-state index in [0.717, 1.165) is 25.7 Å². The highest BCUT2D eigenvalue weighted by Gasteiger charge is 2.66. The second-order valence-corrected chi connectivity index (χ2v) is 4.53. The van der Waals surface area contributed by atoms with Crippen LogP contribution in [-0.2, 0) is 9.59 Å². The van der Waals surface area contributed by atoms with Crippen molar-refractivity contribution >= 4 is 11.9 Å². The second kappa shape index (κ2) is 2.72. The summed E-state index contributed by atoms with van der Waals surface area (Å²) in [5.41, 5.74) is -1.07. The van der Waals surface area contributed by atoms with Crippen LogP contribution in [0.2, 0.25) is 0 Å². The van der Waals surface area contributed by atoms with Crippen molar-refractivity contribution in [2.24, 2.45) is 5.41 Å². The van der Waals surface area contributed by atoms with Gasteiger partial charge in [-0.15, -0.1) is 0 Å². The molecule has 0 bridgehead atoms. The van der Waals surface area contributed by atoms with Gasteiger partial charge in [0, 0.05) is 12.3 Å². The first-order valence-corrected chi connectivity index (χ1v) is 5.05. The van der Waals surface area contributed by atoms with Gasteiger partial charge in [-0.05, 0) is 25.7 Å². The number of hydrogen-bond donors (Lipinski definition) is 2. The van der Waals surface area contributed by atoms with Crippen molar-refractivity contribution < 1.29 is 14.7 Å². The zero-order chi connectivity index (χ0) is 10.4. The number of hydrogen-bond acceptors (Lipinski definition) is 2. The van der Waals surface area contributed by atoms with Crippen molar-refractivity contribution in [2.45, 2.75) is 44.6 Å². The molecule has 2 N–H and O–H groups in total. The van der Waals surface area contributed by atoms with Crippen LogP contribution in [0, 0.1) is 5.41 Å². The summed E-state index contributed by atoms with van der Waals surface area (Å²) in [6, 6.07) is 0. The van der Waals surface area contributed by atoms with Crippen molar-refractivity contribution in [2.75, 3.05) is 0 Å². The van der Waals surface area contributed by atoms with E-state index in [2.05, 4.69) is 5.32 Å². The summed E-state index contributed by atoms with van der Waals surface area (Å²) in [6.45, 7) is 1.38. The van der Waals surface area contributed by atoms with Crippen LogP contribution in [0.3, 0.4) is 0 Å². The number of nitrogens with one attached hydrogen (secondary N) is 1. The molecule has 0 radical (unpaired) electrons. The maximum Gasteiger partial charge on any atom is 0.330 e. The fourth-order valence-corrected chi connectivity index (χ4v) is 2.89. The van der Waals surface area contributed by atoms with Crippen LogP contribution in [0.15, 0.2) is 0 Å². The molecule has 2 aliphatic rings. The molecule has 4 heteroatoms. The van der Waals surface area contributed by atoms with Crippen LogP contribution in [0.25, 0.3) is 0 Å². The number of amides is 1. The van der Waals surface area contributed by atoms with Gasteiger partial charge in [-0.25, -0.2) is 4.79 Å². The van der Waals surface area contributed by atoms with Crippen molar-refractivity contribution in [3.05, 3.63) is 0 Å². The zero-order valence-electron chi connectivity index (χ0n) is 8.30. The van der Waals surface area contributed by atoms with E-state index in [9.17, 15) is 14.7 Å². The third-order valence-electron chi connectivity index (χ3n) is 3.95. The Morgan fingerprint density at radius 2 is 1.86 bits per heavy atom. The van der Waals surface area contributed by atoms with Crippen LogP contribution in [0.4, 0.5) is 0 Å². The molecule has 0 heterocycles. The van der Waals surface area contributed by atoms with Crippen LogP contribution in [0.5, 0.6) is 0 Å². The minimum absolute atomic E-state index is 0.121. The molecule has 4 nitrogen and oxygen atoms in total. The van der Waals surface area contributed by atoms with Gasteiger partial charge in [0.15, 0.2) is 0 Å². The second-order valence-electron chi connectivity index (χ2n) is 4.53. The third-order valence-corrected chi connectivity index (χ3v) is 3.95. The average molecular weight is 197 g/mol. The van der Waals surface area contributed by atoms with Gasteiger partial charge in [0.1, 0.15) is 5.54 Å². The molecule has 1 unspecified atom stereocenters. The quantitative estimate of drug-likeness (QED) is 0.691. The smallest absolute Gasteiger partial charge is 0.330 e. The van der Waals surface area contributed by atoms with Gasteiger partial charge >= 0.3 is 5.97 Å². The molecule has 14 heavy (non-hydrogen) atoms. The van der Waals surface area contributed by atoms with Crippen LogP contribution in [0.1, 0.15) is 39.0 Å². The maximum absolute atomic E-state index is 11.2. The summed E-state index contributed by atoms with van der Waals surface area (Å²) in [6.07, 6.45) is 4.51. The normalized spacial score (nSPS) is 32.9. The largest absolute Gasteiger partial charge is 0.479 e. The van der Waals surface area contributed by atoms with Gasteiger partial charge in [0.05, 0.1) is 0 Å². The molecule has 0 aromatic carbocycles. The summed E-state index contributed by atoms with van der Waals surface area (Å²) in [4.78, 5) is 22.2. The van der Waals surface area contributed by atoms with Crippen LogP contribution in [-0.4, -0.2) is 22.5 Å². The minimum atomic E-state index is -0.947. The standard InChI is InChI=1S/C10H15NO3/c1-7(12)11-10(8(13)14)6-5-9(10)3-2-4-9/h2-6H2,1H3,(H,11,12)(H,13,14). The number of aliphatic carboxylic acids is 1. The highest BCUT2D eigenvalue weighted by molar-refractivity contribution is 5.88. The molecule has 1 amide bonds. The lowest BCUT2D eigenvalue weighted by molar-refractivity contribution is -0.175. The lowest BCUT2D eigenvalue weighted by Crippen LogP contribution is -2.73. The molecule has 2 rings (SSSR count). The summed E-state index contributed by atoms with van der Waals surface area (Å²) in [5, 5.41) is 11.9. The predicted molar refractivity (Wildman–Crippen MR) is 49.7 cm³/mol. The number of carboxylic acid groups (broad SMARTS) is 1. The first kappa shape index (κ1) is 9.49. The molecule has 1 atom stereocenters. The Bertz CT molecular complexity index is 290.